The summed E-state index contributed by atoms with van der Waals surface area (Å²) in [6.45, 7) is 6.92. The van der Waals surface area contributed by atoms with Gasteiger partial charge < -0.3 is 15.0 Å². The predicted octanol–water partition coefficient (Wildman–Crippen LogP) is 2.52. The highest BCUT2D eigenvalue weighted by Gasteiger charge is 2.19. The number of carbonyl (C=O) groups is 1. The number of benzene rings is 1. The molecule has 2 aromatic heterocycles. The summed E-state index contributed by atoms with van der Waals surface area (Å²) in [5, 5.41) is 14.6. The molecule has 1 fully saturated rings. The van der Waals surface area contributed by atoms with Gasteiger partial charge in [0.05, 0.1) is 36.0 Å². The molecule has 146 valence electrons. The zero-order valence-corrected chi connectivity index (χ0v) is 16.3. The van der Waals surface area contributed by atoms with Gasteiger partial charge in [0.1, 0.15) is 5.69 Å². The van der Waals surface area contributed by atoms with Crippen LogP contribution >= 0.6 is 0 Å². The summed E-state index contributed by atoms with van der Waals surface area (Å²) in [6.07, 6.45) is 0. The van der Waals surface area contributed by atoms with E-state index in [4.69, 9.17) is 4.74 Å². The normalized spacial score (nSPS) is 14.3. The van der Waals surface area contributed by atoms with E-state index in [2.05, 4.69) is 25.5 Å². The molecule has 0 unspecified atom stereocenters. The molecule has 1 amide bonds. The van der Waals surface area contributed by atoms with Gasteiger partial charge in [0.2, 0.25) is 0 Å². The molecule has 0 spiro atoms. The van der Waals surface area contributed by atoms with Crippen LogP contribution in [0.2, 0.25) is 0 Å². The van der Waals surface area contributed by atoms with Gasteiger partial charge in [0, 0.05) is 31.4 Å². The van der Waals surface area contributed by atoms with E-state index >= 15 is 0 Å². The van der Waals surface area contributed by atoms with E-state index in [1.165, 1.54) is 0 Å². The highest BCUT2D eigenvalue weighted by Crippen LogP contribution is 2.28. The Bertz CT molecular complexity index is 1000. The smallest absolute Gasteiger partial charge is 0.273 e. The van der Waals surface area contributed by atoms with Crippen LogP contribution in [-0.2, 0) is 11.8 Å². The zero-order chi connectivity index (χ0) is 19.7. The monoisotopic (exact) mass is 380 g/mol. The van der Waals surface area contributed by atoms with E-state index < -0.39 is 0 Å². The van der Waals surface area contributed by atoms with Gasteiger partial charge in [-0.1, -0.05) is 12.1 Å². The van der Waals surface area contributed by atoms with Crippen molar-refractivity contribution in [3.63, 3.8) is 0 Å². The molecule has 1 aliphatic heterocycles. The molecule has 8 nitrogen and oxygen atoms in total. The van der Waals surface area contributed by atoms with Crippen LogP contribution in [0.25, 0.3) is 11.3 Å². The minimum absolute atomic E-state index is 0.223. The molecule has 0 radical (unpaired) electrons. The third-order valence-electron chi connectivity index (χ3n) is 5.09. The molecule has 1 aromatic carbocycles. The second kappa shape index (κ2) is 7.47. The van der Waals surface area contributed by atoms with Gasteiger partial charge in [0.25, 0.3) is 5.91 Å². The number of carbonyl (C=O) groups excluding carboxylic acids is 1. The average Bonchev–Trinajstić information content (AvgIpc) is 3.27. The molecule has 0 aliphatic carbocycles. The van der Waals surface area contributed by atoms with Gasteiger partial charge in [-0.3, -0.25) is 14.6 Å². The molecule has 0 bridgehead atoms. The zero-order valence-electron chi connectivity index (χ0n) is 16.3. The van der Waals surface area contributed by atoms with Gasteiger partial charge in [-0.15, -0.1) is 0 Å². The van der Waals surface area contributed by atoms with Crippen molar-refractivity contribution in [1.29, 1.82) is 0 Å². The van der Waals surface area contributed by atoms with Gasteiger partial charge >= 0.3 is 0 Å². The van der Waals surface area contributed by atoms with Crippen molar-refractivity contribution in [2.75, 3.05) is 36.5 Å². The first-order chi connectivity index (χ1) is 13.5. The summed E-state index contributed by atoms with van der Waals surface area (Å²) in [4.78, 5) is 15.0. The van der Waals surface area contributed by atoms with Crippen molar-refractivity contribution in [2.24, 2.45) is 7.05 Å². The first-order valence-corrected chi connectivity index (χ1v) is 9.33. The van der Waals surface area contributed by atoms with E-state index in [-0.39, 0.29) is 5.91 Å². The first kappa shape index (κ1) is 18.2. The van der Waals surface area contributed by atoms with E-state index in [0.717, 1.165) is 47.1 Å². The lowest BCUT2D eigenvalue weighted by atomic mass is 10.1. The Morgan fingerprint density at radius 2 is 1.96 bits per heavy atom. The number of H-pyrrole nitrogens is 1. The summed E-state index contributed by atoms with van der Waals surface area (Å²) in [5.41, 5.74) is 5.75. The molecule has 28 heavy (non-hydrogen) atoms. The van der Waals surface area contributed by atoms with Crippen LogP contribution in [0.4, 0.5) is 11.4 Å². The number of hydrogen-bond donors (Lipinski definition) is 2. The Hall–Kier alpha value is -3.13. The van der Waals surface area contributed by atoms with Crippen molar-refractivity contribution in [1.82, 2.24) is 20.0 Å². The second-order valence-electron chi connectivity index (χ2n) is 6.91. The molecule has 8 heteroatoms. The van der Waals surface area contributed by atoms with Crippen molar-refractivity contribution in [3.8, 4) is 11.3 Å². The number of rotatable bonds is 4. The Labute approximate surface area is 163 Å². The van der Waals surface area contributed by atoms with E-state index in [9.17, 15) is 4.79 Å². The first-order valence-electron chi connectivity index (χ1n) is 9.33. The van der Waals surface area contributed by atoms with Crippen molar-refractivity contribution in [3.05, 3.63) is 47.4 Å². The lowest BCUT2D eigenvalue weighted by molar-refractivity contribution is 0.102. The van der Waals surface area contributed by atoms with Crippen molar-refractivity contribution in [2.45, 2.75) is 13.8 Å². The summed E-state index contributed by atoms with van der Waals surface area (Å²) < 4.78 is 7.25. The molecular formula is C20H24N6O2. The number of amides is 1. The quantitative estimate of drug-likeness (QED) is 0.726. The number of nitrogens with zero attached hydrogens (tertiary/aromatic N) is 4. The number of hydrogen-bond acceptors (Lipinski definition) is 5. The fourth-order valence-corrected chi connectivity index (χ4v) is 3.56. The number of ether oxygens (including phenoxy) is 1. The lowest BCUT2D eigenvalue weighted by Crippen LogP contribution is -2.36. The van der Waals surface area contributed by atoms with E-state index in [0.29, 0.717) is 18.9 Å². The van der Waals surface area contributed by atoms with Gasteiger partial charge in [0.15, 0.2) is 0 Å². The van der Waals surface area contributed by atoms with Gasteiger partial charge in [-0.25, -0.2) is 0 Å². The minimum atomic E-state index is -0.223. The van der Waals surface area contributed by atoms with Crippen LogP contribution in [0.5, 0.6) is 0 Å². The molecular weight excluding hydrogens is 356 g/mol. The molecule has 0 atom stereocenters. The van der Waals surface area contributed by atoms with Gasteiger partial charge in [-0.05, 0) is 32.0 Å². The Morgan fingerprint density at radius 3 is 2.68 bits per heavy atom. The summed E-state index contributed by atoms with van der Waals surface area (Å²) in [6, 6.07) is 9.59. The van der Waals surface area contributed by atoms with E-state index in [1.807, 2.05) is 49.8 Å². The van der Waals surface area contributed by atoms with Crippen LogP contribution in [0.1, 0.15) is 21.9 Å². The van der Waals surface area contributed by atoms with Crippen LogP contribution < -0.4 is 10.2 Å². The van der Waals surface area contributed by atoms with Crippen molar-refractivity contribution >= 4 is 17.3 Å². The maximum absolute atomic E-state index is 12.8. The van der Waals surface area contributed by atoms with Crippen molar-refractivity contribution < 1.29 is 9.53 Å². The molecule has 3 aromatic rings. The fourth-order valence-electron chi connectivity index (χ4n) is 3.56. The van der Waals surface area contributed by atoms with Crippen LogP contribution in [0, 0.1) is 13.8 Å². The SMILES string of the molecule is Cc1nn(C)c(C)c1-c1cc(C(=O)Nc2ccccc2N2CCOCC2)[nH]n1. The molecule has 1 saturated heterocycles. The number of morpholine rings is 1. The second-order valence-corrected chi connectivity index (χ2v) is 6.91. The van der Waals surface area contributed by atoms with Crippen LogP contribution in [0.3, 0.4) is 0 Å². The number of aryl methyl sites for hydroxylation is 2. The largest absolute Gasteiger partial charge is 0.378 e. The topological polar surface area (TPSA) is 88.1 Å². The van der Waals surface area contributed by atoms with Gasteiger partial charge in [-0.2, -0.15) is 10.2 Å². The maximum Gasteiger partial charge on any atom is 0.273 e. The Morgan fingerprint density at radius 1 is 1.21 bits per heavy atom. The third kappa shape index (κ3) is 3.38. The highest BCUT2D eigenvalue weighted by molar-refractivity contribution is 6.05. The third-order valence-corrected chi connectivity index (χ3v) is 5.09. The molecule has 1 aliphatic rings. The number of para-hydroxylation sites is 2. The summed E-state index contributed by atoms with van der Waals surface area (Å²) >= 11 is 0. The molecule has 4 rings (SSSR count). The Kier molecular flexibility index (Phi) is 4.87. The Balaban J connectivity index is 1.56. The average molecular weight is 380 g/mol. The van der Waals surface area contributed by atoms with Crippen LogP contribution in [-0.4, -0.2) is 52.2 Å². The summed E-state index contributed by atoms with van der Waals surface area (Å²) in [5.74, 6) is -0.223. The number of aromatic amines is 1. The van der Waals surface area contributed by atoms with Crippen LogP contribution in [0.15, 0.2) is 30.3 Å². The number of nitrogens with one attached hydrogen (secondary N) is 2. The minimum Gasteiger partial charge on any atom is -0.378 e. The maximum atomic E-state index is 12.8. The number of aromatic nitrogens is 4. The predicted molar refractivity (Wildman–Crippen MR) is 108 cm³/mol. The molecule has 2 N–H and O–H groups in total. The standard InChI is InChI=1S/C20H24N6O2/c1-13-19(14(2)25(3)24-13)16-12-17(23-22-16)20(27)21-15-6-4-5-7-18(15)26-8-10-28-11-9-26/h4-7,12H,8-11H2,1-3H3,(H,21,27)(H,22,23). The summed E-state index contributed by atoms with van der Waals surface area (Å²) in [7, 11) is 1.90. The highest BCUT2D eigenvalue weighted by atomic mass is 16.5. The number of anilines is 2. The molecule has 0 saturated carbocycles. The fraction of sp³-hybridized carbons (Fsp3) is 0.350. The molecule has 3 heterocycles. The van der Waals surface area contributed by atoms with E-state index in [1.54, 1.807) is 6.07 Å². The lowest BCUT2D eigenvalue weighted by Gasteiger charge is -2.30.